The van der Waals surface area contributed by atoms with E-state index in [1.54, 1.807) is 24.6 Å². The van der Waals surface area contributed by atoms with Gasteiger partial charge in [-0.2, -0.15) is 0 Å². The topological polar surface area (TPSA) is 88.0 Å². The minimum atomic E-state index is -0.932. The quantitative estimate of drug-likeness (QED) is 0.348. The molecule has 2 amide bonds. The van der Waals surface area contributed by atoms with Crippen molar-refractivity contribution in [3.8, 4) is 0 Å². The standard InChI is InChI=1S/C30H37F2N5O2/c1-5-8-26(35-23-12-11-20-13-22(31)14-25(32)24(20)15-23)28(38)36-27-17-37(18-34-27)30(3,4)29(39)33-16-21-10-7-6-9-19(21)2/h6-7,9-10,13-14,17-18,23,26,35H,5,8,11-12,15-16H2,1-4H3,(H,33,39)(H,36,38)/t23?,26-/m0/s1. The van der Waals surface area contributed by atoms with Gasteiger partial charge in [0.05, 0.1) is 12.4 Å². The molecule has 3 aromatic rings. The van der Waals surface area contributed by atoms with E-state index in [0.29, 0.717) is 49.2 Å². The van der Waals surface area contributed by atoms with Crippen molar-refractivity contribution in [1.82, 2.24) is 20.2 Å². The summed E-state index contributed by atoms with van der Waals surface area (Å²) in [5.41, 5.74) is 2.43. The second-order valence-corrected chi connectivity index (χ2v) is 10.8. The molecule has 0 fully saturated rings. The largest absolute Gasteiger partial charge is 0.350 e. The molecule has 7 nitrogen and oxygen atoms in total. The molecule has 208 valence electrons. The Hall–Kier alpha value is -3.59. The number of aryl methyl sites for hydroxylation is 2. The zero-order valence-corrected chi connectivity index (χ0v) is 23.0. The Morgan fingerprint density at radius 2 is 1.97 bits per heavy atom. The van der Waals surface area contributed by atoms with E-state index >= 15 is 0 Å². The smallest absolute Gasteiger partial charge is 0.245 e. The molecule has 39 heavy (non-hydrogen) atoms. The van der Waals surface area contributed by atoms with Crippen LogP contribution in [-0.4, -0.2) is 33.4 Å². The molecule has 4 rings (SSSR count). The predicted molar refractivity (Wildman–Crippen MR) is 147 cm³/mol. The van der Waals surface area contributed by atoms with Gasteiger partial charge in [0, 0.05) is 24.8 Å². The summed E-state index contributed by atoms with van der Waals surface area (Å²) < 4.78 is 29.6. The molecule has 0 saturated carbocycles. The molecule has 1 aliphatic carbocycles. The third-order valence-corrected chi connectivity index (χ3v) is 7.53. The molecule has 0 spiro atoms. The third kappa shape index (κ3) is 6.71. The highest BCUT2D eigenvalue weighted by molar-refractivity contribution is 5.94. The van der Waals surface area contributed by atoms with E-state index in [9.17, 15) is 18.4 Å². The summed E-state index contributed by atoms with van der Waals surface area (Å²) in [6.07, 6.45) is 6.18. The fourth-order valence-corrected chi connectivity index (χ4v) is 5.02. The van der Waals surface area contributed by atoms with Gasteiger partial charge in [0.25, 0.3) is 0 Å². The Balaban J connectivity index is 1.37. The highest BCUT2D eigenvalue weighted by Gasteiger charge is 2.31. The summed E-state index contributed by atoms with van der Waals surface area (Å²) >= 11 is 0. The Labute approximate surface area is 228 Å². The van der Waals surface area contributed by atoms with Gasteiger partial charge in [0.2, 0.25) is 11.8 Å². The number of amides is 2. The van der Waals surface area contributed by atoms with E-state index in [2.05, 4.69) is 20.9 Å². The van der Waals surface area contributed by atoms with E-state index in [0.717, 1.165) is 23.6 Å². The van der Waals surface area contributed by atoms with Crippen molar-refractivity contribution in [2.75, 3.05) is 5.32 Å². The van der Waals surface area contributed by atoms with Gasteiger partial charge in [0.15, 0.2) is 5.82 Å². The maximum atomic E-state index is 14.4. The second kappa shape index (κ2) is 12.1. The minimum Gasteiger partial charge on any atom is -0.350 e. The van der Waals surface area contributed by atoms with Crippen molar-refractivity contribution in [2.24, 2.45) is 0 Å². The van der Waals surface area contributed by atoms with Crippen molar-refractivity contribution < 1.29 is 18.4 Å². The number of fused-ring (bicyclic) bond motifs is 1. The van der Waals surface area contributed by atoms with E-state index in [1.807, 2.05) is 38.1 Å². The Bertz CT molecular complexity index is 1340. The third-order valence-electron chi connectivity index (χ3n) is 7.53. The number of benzene rings is 2. The lowest BCUT2D eigenvalue weighted by Crippen LogP contribution is -2.48. The molecule has 0 bridgehead atoms. The molecule has 3 N–H and O–H groups in total. The zero-order chi connectivity index (χ0) is 28.2. The lowest BCUT2D eigenvalue weighted by Gasteiger charge is -2.29. The Morgan fingerprint density at radius 3 is 2.72 bits per heavy atom. The van der Waals surface area contributed by atoms with E-state index in [1.165, 1.54) is 12.4 Å². The molecule has 1 aromatic heterocycles. The van der Waals surface area contributed by atoms with Crippen LogP contribution in [0.3, 0.4) is 0 Å². The molecular formula is C30H37F2N5O2. The highest BCUT2D eigenvalue weighted by Crippen LogP contribution is 2.26. The van der Waals surface area contributed by atoms with Crippen molar-refractivity contribution in [3.05, 3.63) is 82.8 Å². The fourth-order valence-electron chi connectivity index (χ4n) is 5.02. The maximum Gasteiger partial charge on any atom is 0.245 e. The van der Waals surface area contributed by atoms with Gasteiger partial charge in [-0.3, -0.25) is 9.59 Å². The van der Waals surface area contributed by atoms with Crippen molar-refractivity contribution in [2.45, 2.75) is 84.0 Å². The summed E-state index contributed by atoms with van der Waals surface area (Å²) in [6.45, 7) is 8.00. The summed E-state index contributed by atoms with van der Waals surface area (Å²) in [7, 11) is 0. The number of carbonyl (C=O) groups excluding carboxylic acids is 2. The lowest BCUT2D eigenvalue weighted by atomic mass is 9.87. The van der Waals surface area contributed by atoms with Gasteiger partial charge < -0.3 is 20.5 Å². The summed E-state index contributed by atoms with van der Waals surface area (Å²) in [5, 5.41) is 9.23. The normalized spacial score (nSPS) is 15.9. The number of carbonyl (C=O) groups is 2. The van der Waals surface area contributed by atoms with Gasteiger partial charge in [-0.1, -0.05) is 37.6 Å². The number of aromatic nitrogens is 2. The first-order valence-electron chi connectivity index (χ1n) is 13.5. The highest BCUT2D eigenvalue weighted by atomic mass is 19.1. The summed E-state index contributed by atoms with van der Waals surface area (Å²) in [6, 6.07) is 9.60. The fraction of sp³-hybridized carbons (Fsp3) is 0.433. The van der Waals surface area contributed by atoms with Crippen LogP contribution in [0.1, 0.15) is 62.3 Å². The van der Waals surface area contributed by atoms with Gasteiger partial charge in [0.1, 0.15) is 17.2 Å². The van der Waals surface area contributed by atoms with Crippen LogP contribution in [0.15, 0.2) is 48.9 Å². The van der Waals surface area contributed by atoms with Crippen LogP contribution in [0.2, 0.25) is 0 Å². The first-order valence-corrected chi connectivity index (χ1v) is 13.5. The van der Waals surface area contributed by atoms with Gasteiger partial charge in [-0.25, -0.2) is 13.8 Å². The van der Waals surface area contributed by atoms with Gasteiger partial charge in [-0.15, -0.1) is 0 Å². The summed E-state index contributed by atoms with van der Waals surface area (Å²) in [4.78, 5) is 30.5. The van der Waals surface area contributed by atoms with Crippen LogP contribution < -0.4 is 16.0 Å². The van der Waals surface area contributed by atoms with Crippen LogP contribution in [0.5, 0.6) is 0 Å². The zero-order valence-electron chi connectivity index (χ0n) is 23.0. The molecule has 0 radical (unpaired) electrons. The number of nitrogens with one attached hydrogen (secondary N) is 3. The minimum absolute atomic E-state index is 0.104. The van der Waals surface area contributed by atoms with Crippen LogP contribution >= 0.6 is 0 Å². The van der Waals surface area contributed by atoms with Crippen LogP contribution in [-0.2, 0) is 34.5 Å². The van der Waals surface area contributed by atoms with Gasteiger partial charge >= 0.3 is 0 Å². The second-order valence-electron chi connectivity index (χ2n) is 10.8. The van der Waals surface area contributed by atoms with Gasteiger partial charge in [-0.05, 0) is 74.8 Å². The first-order chi connectivity index (χ1) is 18.6. The molecule has 1 unspecified atom stereocenters. The van der Waals surface area contributed by atoms with E-state index in [4.69, 9.17) is 0 Å². The van der Waals surface area contributed by atoms with Crippen molar-refractivity contribution >= 4 is 17.6 Å². The Kier molecular flexibility index (Phi) is 8.80. The average Bonchev–Trinajstić information content (AvgIpc) is 3.37. The number of hydrogen-bond acceptors (Lipinski definition) is 4. The average molecular weight is 538 g/mol. The molecule has 9 heteroatoms. The monoisotopic (exact) mass is 537 g/mol. The molecule has 1 aliphatic rings. The first kappa shape index (κ1) is 28.4. The molecule has 0 aliphatic heterocycles. The SMILES string of the molecule is CCC[C@H](NC1CCc2cc(F)cc(F)c2C1)C(=O)Nc1cn(C(C)(C)C(=O)NCc2ccccc2C)cn1. The molecule has 2 aromatic carbocycles. The Morgan fingerprint density at radius 1 is 1.21 bits per heavy atom. The molecule has 1 heterocycles. The molecular weight excluding hydrogens is 500 g/mol. The number of rotatable bonds is 10. The van der Waals surface area contributed by atoms with E-state index in [-0.39, 0.29) is 17.9 Å². The van der Waals surface area contributed by atoms with Crippen molar-refractivity contribution in [1.29, 1.82) is 0 Å². The van der Waals surface area contributed by atoms with Crippen LogP contribution in [0.4, 0.5) is 14.6 Å². The number of halogens is 2. The van der Waals surface area contributed by atoms with Crippen LogP contribution in [0, 0.1) is 18.6 Å². The molecule has 2 atom stereocenters. The predicted octanol–water partition coefficient (Wildman–Crippen LogP) is 4.78. The lowest BCUT2D eigenvalue weighted by molar-refractivity contribution is -0.128. The number of imidazole rings is 1. The van der Waals surface area contributed by atoms with E-state index < -0.39 is 23.2 Å². The maximum absolute atomic E-state index is 14.4. The number of nitrogens with zero attached hydrogens (tertiary/aromatic N) is 2. The van der Waals surface area contributed by atoms with Crippen molar-refractivity contribution in [3.63, 3.8) is 0 Å². The number of hydrogen-bond donors (Lipinski definition) is 3. The summed E-state index contributed by atoms with van der Waals surface area (Å²) in [5.74, 6) is -1.17. The van der Waals surface area contributed by atoms with Crippen LogP contribution in [0.25, 0.3) is 0 Å². The number of anilines is 1. The molecule has 0 saturated heterocycles.